The third-order valence-corrected chi connectivity index (χ3v) is 4.83. The molecule has 0 heterocycles. The molecule has 10 heteroatoms. The van der Waals surface area contributed by atoms with E-state index in [0.29, 0.717) is 0 Å². The lowest BCUT2D eigenvalue weighted by atomic mass is 10.3. The molecule has 0 spiro atoms. The van der Waals surface area contributed by atoms with Crippen LogP contribution in [0.3, 0.4) is 0 Å². The van der Waals surface area contributed by atoms with Crippen molar-refractivity contribution in [3.05, 3.63) is 18.2 Å². The standard InChI is InChI=1S/C12H15N3O5S2/c1-15(14-8-4-7-13)11-9-10(22(17,18)20-3)5-6-12(11)21(16)19-2/h5-6,8-9H,4H2,1-3H3/b14-8-. The number of benzene rings is 1. The van der Waals surface area contributed by atoms with Crippen molar-refractivity contribution in [1.82, 2.24) is 0 Å². The second-order valence-corrected chi connectivity index (χ2v) is 6.79. The first-order chi connectivity index (χ1) is 10.4. The summed E-state index contributed by atoms with van der Waals surface area (Å²) in [5.41, 5.74) is 0.257. The maximum atomic E-state index is 11.9. The molecule has 0 saturated carbocycles. The molecule has 1 unspecified atom stereocenters. The predicted octanol–water partition coefficient (Wildman–Crippen LogP) is 1.03. The van der Waals surface area contributed by atoms with Gasteiger partial charge in [-0.3, -0.25) is 13.4 Å². The summed E-state index contributed by atoms with van der Waals surface area (Å²) in [6.45, 7) is 0. The molecule has 0 saturated heterocycles. The van der Waals surface area contributed by atoms with Crippen molar-refractivity contribution in [3.63, 3.8) is 0 Å². The normalized spacial score (nSPS) is 13.0. The molecular weight excluding hydrogens is 330 g/mol. The first kappa shape index (κ1) is 18.2. The highest BCUT2D eigenvalue weighted by atomic mass is 32.2. The molecule has 0 aliphatic rings. The molecule has 120 valence electrons. The Bertz CT molecular complexity index is 725. The Morgan fingerprint density at radius 1 is 1.45 bits per heavy atom. The molecule has 0 fully saturated rings. The Labute approximate surface area is 131 Å². The van der Waals surface area contributed by atoms with E-state index in [2.05, 4.69) is 9.28 Å². The van der Waals surface area contributed by atoms with Crippen LogP contribution >= 0.6 is 0 Å². The van der Waals surface area contributed by atoms with E-state index < -0.39 is 21.2 Å². The molecular formula is C12H15N3O5S2. The molecule has 1 aromatic rings. The monoisotopic (exact) mass is 345 g/mol. The van der Waals surface area contributed by atoms with Gasteiger partial charge >= 0.3 is 0 Å². The zero-order valence-electron chi connectivity index (χ0n) is 12.2. The van der Waals surface area contributed by atoms with Crippen LogP contribution < -0.4 is 5.01 Å². The molecule has 0 aliphatic carbocycles. The van der Waals surface area contributed by atoms with Crippen molar-refractivity contribution in [3.8, 4) is 6.07 Å². The first-order valence-electron chi connectivity index (χ1n) is 5.91. The summed E-state index contributed by atoms with van der Waals surface area (Å²) in [4.78, 5) is 0.137. The van der Waals surface area contributed by atoms with Crippen LogP contribution in [0, 0.1) is 11.3 Å². The van der Waals surface area contributed by atoms with E-state index in [-0.39, 0.29) is 21.9 Å². The molecule has 1 aromatic carbocycles. The van der Waals surface area contributed by atoms with E-state index in [9.17, 15) is 12.6 Å². The average Bonchev–Trinajstić information content (AvgIpc) is 2.53. The Hall–Kier alpha value is -1.80. The van der Waals surface area contributed by atoms with Crippen LogP contribution in [0.15, 0.2) is 33.1 Å². The fourth-order valence-corrected chi connectivity index (χ4v) is 2.90. The van der Waals surface area contributed by atoms with Gasteiger partial charge in [0, 0.05) is 13.3 Å². The van der Waals surface area contributed by atoms with Crippen LogP contribution in [0.1, 0.15) is 6.42 Å². The molecule has 0 radical (unpaired) electrons. The maximum absolute atomic E-state index is 11.9. The SMILES string of the molecule is COS(=O)c1ccc(S(=O)(=O)OC)cc1N(C)/N=C\CC#N. The molecule has 1 rings (SSSR count). The highest BCUT2D eigenvalue weighted by molar-refractivity contribution is 7.86. The van der Waals surface area contributed by atoms with Gasteiger partial charge in [-0.05, 0) is 18.2 Å². The summed E-state index contributed by atoms with van der Waals surface area (Å²) in [6.07, 6.45) is 1.43. The highest BCUT2D eigenvalue weighted by Crippen LogP contribution is 2.28. The van der Waals surface area contributed by atoms with Gasteiger partial charge in [0.15, 0.2) is 11.1 Å². The third kappa shape index (κ3) is 4.35. The van der Waals surface area contributed by atoms with E-state index in [0.717, 1.165) is 7.11 Å². The third-order valence-electron chi connectivity index (χ3n) is 2.56. The Kier molecular flexibility index (Phi) is 6.63. The van der Waals surface area contributed by atoms with Crippen molar-refractivity contribution < 1.29 is 21.0 Å². The molecule has 0 aromatic heterocycles. The molecule has 0 aliphatic heterocycles. The quantitative estimate of drug-likeness (QED) is 0.412. The molecule has 8 nitrogen and oxygen atoms in total. The van der Waals surface area contributed by atoms with Gasteiger partial charge < -0.3 is 0 Å². The van der Waals surface area contributed by atoms with Crippen molar-refractivity contribution in [2.24, 2.45) is 5.10 Å². The number of hydrogen-bond acceptors (Lipinski definition) is 8. The average molecular weight is 345 g/mol. The number of nitrogens with zero attached hydrogens (tertiary/aromatic N) is 3. The number of hydrazone groups is 1. The van der Waals surface area contributed by atoms with Crippen LogP contribution in [-0.4, -0.2) is 40.1 Å². The van der Waals surface area contributed by atoms with Crippen molar-refractivity contribution in [1.29, 1.82) is 5.26 Å². The largest absolute Gasteiger partial charge is 0.296 e. The van der Waals surface area contributed by atoms with Gasteiger partial charge in [-0.1, -0.05) is 0 Å². The first-order valence-corrected chi connectivity index (χ1v) is 8.39. The van der Waals surface area contributed by atoms with Gasteiger partial charge in [0.1, 0.15) is 0 Å². The summed E-state index contributed by atoms with van der Waals surface area (Å²) in [6, 6.07) is 5.79. The molecule has 0 amide bonds. The van der Waals surface area contributed by atoms with E-state index in [4.69, 9.17) is 9.44 Å². The van der Waals surface area contributed by atoms with Crippen molar-refractivity contribution in [2.75, 3.05) is 26.3 Å². The number of anilines is 1. The fraction of sp³-hybridized carbons (Fsp3) is 0.333. The second kappa shape index (κ2) is 8.00. The lowest BCUT2D eigenvalue weighted by Gasteiger charge is -2.17. The zero-order chi connectivity index (χ0) is 16.8. The van der Waals surface area contributed by atoms with Crippen LogP contribution in [0.4, 0.5) is 5.69 Å². The van der Waals surface area contributed by atoms with Gasteiger partial charge in [-0.15, -0.1) is 0 Å². The minimum absolute atomic E-state index is 0.0864. The Morgan fingerprint density at radius 2 is 2.14 bits per heavy atom. The van der Waals surface area contributed by atoms with E-state index >= 15 is 0 Å². The summed E-state index contributed by atoms with van der Waals surface area (Å²) in [5, 5.41) is 13.8. The fourth-order valence-electron chi connectivity index (χ4n) is 1.50. The number of hydrogen-bond donors (Lipinski definition) is 0. The lowest BCUT2D eigenvalue weighted by molar-refractivity contribution is 0.397. The van der Waals surface area contributed by atoms with Gasteiger partial charge in [0.2, 0.25) is 0 Å². The van der Waals surface area contributed by atoms with Gasteiger partial charge in [-0.25, -0.2) is 4.21 Å². The second-order valence-electron chi connectivity index (χ2n) is 3.84. The van der Waals surface area contributed by atoms with Crippen LogP contribution in [-0.2, 0) is 29.6 Å². The number of rotatable bonds is 7. The molecule has 0 N–H and O–H groups in total. The predicted molar refractivity (Wildman–Crippen MR) is 81.2 cm³/mol. The van der Waals surface area contributed by atoms with E-state index in [1.165, 1.54) is 43.6 Å². The lowest BCUT2D eigenvalue weighted by Crippen LogP contribution is -2.14. The summed E-state index contributed by atoms with van der Waals surface area (Å²) >= 11 is -1.78. The zero-order valence-corrected chi connectivity index (χ0v) is 13.8. The smallest absolute Gasteiger partial charge is 0.290 e. The maximum Gasteiger partial charge on any atom is 0.296 e. The summed E-state index contributed by atoms with van der Waals surface area (Å²) < 4.78 is 44.6. The minimum Gasteiger partial charge on any atom is -0.290 e. The number of nitriles is 1. The molecule has 1 atom stereocenters. The topological polar surface area (TPSA) is 109 Å². The molecule has 22 heavy (non-hydrogen) atoms. The highest BCUT2D eigenvalue weighted by Gasteiger charge is 2.19. The van der Waals surface area contributed by atoms with Crippen molar-refractivity contribution in [2.45, 2.75) is 16.2 Å². The van der Waals surface area contributed by atoms with Gasteiger partial charge in [0.05, 0.1) is 42.2 Å². The minimum atomic E-state index is -3.90. The van der Waals surface area contributed by atoms with Crippen LogP contribution in [0.25, 0.3) is 0 Å². The molecule has 0 bridgehead atoms. The Balaban J connectivity index is 3.38. The van der Waals surface area contributed by atoms with Crippen molar-refractivity contribution >= 4 is 33.1 Å². The van der Waals surface area contributed by atoms with E-state index in [1.54, 1.807) is 0 Å². The summed E-state index contributed by atoms with van der Waals surface area (Å²) in [7, 11) is -0.0595. The van der Waals surface area contributed by atoms with Gasteiger partial charge in [0.25, 0.3) is 10.1 Å². The van der Waals surface area contributed by atoms with Crippen LogP contribution in [0.5, 0.6) is 0 Å². The van der Waals surface area contributed by atoms with Gasteiger partial charge in [-0.2, -0.15) is 18.8 Å². The Morgan fingerprint density at radius 3 is 2.68 bits per heavy atom. The van der Waals surface area contributed by atoms with Crippen LogP contribution in [0.2, 0.25) is 0 Å². The van der Waals surface area contributed by atoms with E-state index in [1.807, 2.05) is 6.07 Å². The summed E-state index contributed by atoms with van der Waals surface area (Å²) in [5.74, 6) is 0.